The van der Waals surface area contributed by atoms with Gasteiger partial charge in [0.15, 0.2) is 0 Å². The third-order valence-electron chi connectivity index (χ3n) is 6.89. The molecular weight excluding hydrogens is 525 g/mol. The predicted molar refractivity (Wildman–Crippen MR) is 138 cm³/mol. The molecule has 1 unspecified atom stereocenters. The molecule has 3 aromatic rings. The fourth-order valence-corrected chi connectivity index (χ4v) is 5.94. The van der Waals surface area contributed by atoms with E-state index in [0.29, 0.717) is 34.0 Å². The maximum Gasteiger partial charge on any atom is 0.416 e. The van der Waals surface area contributed by atoms with E-state index in [0.717, 1.165) is 43.6 Å². The number of amides is 2. The molecule has 0 radical (unpaired) electrons. The lowest BCUT2D eigenvalue weighted by atomic mass is 10.1. The molecule has 0 bridgehead atoms. The second kappa shape index (κ2) is 10.2. The highest BCUT2D eigenvalue weighted by Gasteiger charge is 2.36. The van der Waals surface area contributed by atoms with Gasteiger partial charge in [0, 0.05) is 23.0 Å². The number of carbonyl (C=O) groups excluding carboxylic acids is 2. The van der Waals surface area contributed by atoms with Crippen LogP contribution in [-0.2, 0) is 17.5 Å². The van der Waals surface area contributed by atoms with Crippen LogP contribution in [0.3, 0.4) is 0 Å². The van der Waals surface area contributed by atoms with E-state index in [-0.39, 0.29) is 28.3 Å². The Morgan fingerprint density at radius 3 is 2.73 bits per heavy atom. The minimum atomic E-state index is -4.54. The summed E-state index contributed by atoms with van der Waals surface area (Å²) >= 11 is 6.71. The Labute approximate surface area is 221 Å². The number of halogens is 4. The summed E-state index contributed by atoms with van der Waals surface area (Å²) in [7, 11) is 2.06. The van der Waals surface area contributed by atoms with Crippen molar-refractivity contribution in [3.8, 4) is 0 Å². The van der Waals surface area contributed by atoms with E-state index in [1.54, 1.807) is 30.5 Å². The Hall–Kier alpha value is -2.82. The fourth-order valence-electron chi connectivity index (χ4n) is 4.90. The molecule has 2 aliphatic heterocycles. The van der Waals surface area contributed by atoms with Crippen molar-refractivity contribution < 1.29 is 22.8 Å². The normalized spacial score (nSPS) is 20.2. The molecule has 2 saturated heterocycles. The highest BCUT2D eigenvalue weighted by Crippen LogP contribution is 2.35. The quantitative estimate of drug-likeness (QED) is 0.339. The first-order valence-electron chi connectivity index (χ1n) is 11.9. The maximum absolute atomic E-state index is 13.5. The van der Waals surface area contributed by atoms with E-state index in [9.17, 15) is 22.8 Å². The molecule has 0 N–H and O–H groups in total. The van der Waals surface area contributed by atoms with Crippen LogP contribution in [0.2, 0.25) is 5.02 Å². The first-order valence-corrected chi connectivity index (χ1v) is 13.1. The molecule has 0 spiro atoms. The van der Waals surface area contributed by atoms with Gasteiger partial charge in [-0.2, -0.15) is 18.3 Å². The Bertz CT molecular complexity index is 1400. The van der Waals surface area contributed by atoms with Crippen LogP contribution >= 0.6 is 23.4 Å². The number of carbonyl (C=O) groups is 2. The standard InChI is InChI=1S/C26H24ClF3N4O2S/c1-32-9-2-3-20(32)8-10-33-24(35)23(37-25(33)36)12-16-4-7-22-18(11-16)14-31-34(22)15-17-5-6-19(27)13-21(17)26(28,29)30/h4-7,11-14,20H,2-3,8-10,15H2,1H3. The van der Waals surface area contributed by atoms with Crippen LogP contribution < -0.4 is 0 Å². The second-order valence-electron chi connectivity index (χ2n) is 9.32. The van der Waals surface area contributed by atoms with E-state index in [1.807, 2.05) is 0 Å². The SMILES string of the molecule is CN1CCCC1CCN1C(=O)SC(=Cc2ccc3c(cnn3Cc3ccc(Cl)cc3C(F)(F)F)c2)C1=O. The Morgan fingerprint density at radius 2 is 2.00 bits per heavy atom. The number of likely N-dealkylation sites (tertiary alicyclic amines) is 1. The van der Waals surface area contributed by atoms with Crippen molar-refractivity contribution in [2.75, 3.05) is 20.1 Å². The number of aromatic nitrogens is 2. The van der Waals surface area contributed by atoms with Crippen molar-refractivity contribution in [2.45, 2.75) is 38.0 Å². The highest BCUT2D eigenvalue weighted by atomic mass is 35.5. The van der Waals surface area contributed by atoms with E-state index in [1.165, 1.54) is 21.7 Å². The smallest absolute Gasteiger partial charge is 0.303 e. The molecule has 2 amide bonds. The van der Waals surface area contributed by atoms with Gasteiger partial charge in [-0.3, -0.25) is 19.2 Å². The number of fused-ring (bicyclic) bond motifs is 1. The van der Waals surface area contributed by atoms with Crippen LogP contribution in [0, 0.1) is 0 Å². The topological polar surface area (TPSA) is 58.4 Å². The molecule has 3 heterocycles. The lowest BCUT2D eigenvalue weighted by molar-refractivity contribution is -0.138. The van der Waals surface area contributed by atoms with Gasteiger partial charge in [-0.15, -0.1) is 0 Å². The zero-order chi connectivity index (χ0) is 26.3. The van der Waals surface area contributed by atoms with Crippen LogP contribution in [0.15, 0.2) is 47.5 Å². The number of thioether (sulfide) groups is 1. The summed E-state index contributed by atoms with van der Waals surface area (Å²) in [5, 5.41) is 4.73. The summed E-state index contributed by atoms with van der Waals surface area (Å²) in [5.74, 6) is -0.297. The van der Waals surface area contributed by atoms with Gasteiger partial charge in [0.25, 0.3) is 11.1 Å². The first-order chi connectivity index (χ1) is 17.6. The molecule has 194 valence electrons. The van der Waals surface area contributed by atoms with Crippen molar-refractivity contribution in [2.24, 2.45) is 0 Å². The van der Waals surface area contributed by atoms with Gasteiger partial charge in [0.05, 0.1) is 28.7 Å². The van der Waals surface area contributed by atoms with Gasteiger partial charge in [-0.05, 0) is 86.1 Å². The summed E-state index contributed by atoms with van der Waals surface area (Å²) in [6.45, 7) is 1.35. The molecule has 6 nitrogen and oxygen atoms in total. The summed E-state index contributed by atoms with van der Waals surface area (Å²) in [6, 6.07) is 9.39. The van der Waals surface area contributed by atoms with Crippen LogP contribution in [0.1, 0.15) is 36.0 Å². The average Bonchev–Trinajstić information content (AvgIpc) is 3.51. The maximum atomic E-state index is 13.5. The molecule has 2 fully saturated rings. The van der Waals surface area contributed by atoms with Gasteiger partial charge >= 0.3 is 6.18 Å². The van der Waals surface area contributed by atoms with Crippen molar-refractivity contribution in [1.29, 1.82) is 0 Å². The number of benzene rings is 2. The van der Waals surface area contributed by atoms with E-state index >= 15 is 0 Å². The Kier molecular flexibility index (Phi) is 7.08. The second-order valence-corrected chi connectivity index (χ2v) is 10.7. The molecule has 1 atom stereocenters. The van der Waals surface area contributed by atoms with Crippen LogP contribution in [0.4, 0.5) is 18.0 Å². The molecule has 37 heavy (non-hydrogen) atoms. The molecule has 1 aromatic heterocycles. The molecular formula is C26H24ClF3N4O2S. The highest BCUT2D eigenvalue weighted by molar-refractivity contribution is 8.18. The zero-order valence-electron chi connectivity index (χ0n) is 20.0. The van der Waals surface area contributed by atoms with Gasteiger partial charge in [0.2, 0.25) is 0 Å². The predicted octanol–water partition coefficient (Wildman–Crippen LogP) is 6.28. The van der Waals surface area contributed by atoms with Crippen LogP contribution in [0.5, 0.6) is 0 Å². The van der Waals surface area contributed by atoms with Gasteiger partial charge in [-0.25, -0.2) is 0 Å². The lowest BCUT2D eigenvalue weighted by Crippen LogP contribution is -2.34. The lowest BCUT2D eigenvalue weighted by Gasteiger charge is -2.21. The van der Waals surface area contributed by atoms with Crippen molar-refractivity contribution in [3.63, 3.8) is 0 Å². The molecule has 2 aliphatic rings. The fraction of sp³-hybridized carbons (Fsp3) is 0.346. The average molecular weight is 549 g/mol. The molecule has 5 rings (SSSR count). The number of hydrogen-bond donors (Lipinski definition) is 0. The van der Waals surface area contributed by atoms with Crippen molar-refractivity contribution in [1.82, 2.24) is 19.6 Å². The molecule has 0 aliphatic carbocycles. The minimum Gasteiger partial charge on any atom is -0.303 e. The Balaban J connectivity index is 1.33. The third-order valence-corrected chi connectivity index (χ3v) is 8.03. The monoisotopic (exact) mass is 548 g/mol. The number of imide groups is 1. The third kappa shape index (κ3) is 5.42. The molecule has 0 saturated carbocycles. The number of nitrogens with zero attached hydrogens (tertiary/aromatic N) is 4. The van der Waals surface area contributed by atoms with E-state index < -0.39 is 11.7 Å². The molecule has 2 aromatic carbocycles. The van der Waals surface area contributed by atoms with Gasteiger partial charge in [-0.1, -0.05) is 23.7 Å². The summed E-state index contributed by atoms with van der Waals surface area (Å²) < 4.78 is 42.0. The van der Waals surface area contributed by atoms with Crippen molar-refractivity contribution in [3.05, 3.63) is 69.2 Å². The van der Waals surface area contributed by atoms with Gasteiger partial charge in [0.1, 0.15) is 0 Å². The summed E-state index contributed by atoms with van der Waals surface area (Å²) in [5.41, 5.74) is 0.614. The number of alkyl halides is 3. The molecule has 11 heteroatoms. The largest absolute Gasteiger partial charge is 0.416 e. The zero-order valence-corrected chi connectivity index (χ0v) is 21.5. The number of hydrogen-bond acceptors (Lipinski definition) is 5. The van der Waals surface area contributed by atoms with Gasteiger partial charge < -0.3 is 4.90 Å². The van der Waals surface area contributed by atoms with Crippen LogP contribution in [0.25, 0.3) is 17.0 Å². The number of rotatable bonds is 6. The van der Waals surface area contributed by atoms with E-state index in [4.69, 9.17) is 11.6 Å². The van der Waals surface area contributed by atoms with Crippen molar-refractivity contribution >= 4 is 51.5 Å². The van der Waals surface area contributed by atoms with Crippen LogP contribution in [-0.4, -0.2) is 56.9 Å². The summed E-state index contributed by atoms with van der Waals surface area (Å²) in [4.78, 5) is 29.3. The Morgan fingerprint density at radius 1 is 1.19 bits per heavy atom. The summed E-state index contributed by atoms with van der Waals surface area (Å²) in [6.07, 6.45) is 1.67. The first kappa shape index (κ1) is 25.8. The minimum absolute atomic E-state index is 0.0151. The van der Waals surface area contributed by atoms with E-state index in [2.05, 4.69) is 17.0 Å².